The molecular weight excluding hydrogens is 378 g/mol. The molecule has 1 N–H and O–H groups in total. The lowest BCUT2D eigenvalue weighted by Crippen LogP contribution is -2.45. The van der Waals surface area contributed by atoms with Crippen molar-refractivity contribution in [3.8, 4) is 0 Å². The van der Waals surface area contributed by atoms with Crippen LogP contribution in [0.2, 0.25) is 5.02 Å². The number of hydrogen-bond acceptors (Lipinski definition) is 3. The van der Waals surface area contributed by atoms with Crippen molar-refractivity contribution in [1.82, 2.24) is 9.80 Å². The zero-order valence-electron chi connectivity index (χ0n) is 16.1. The Kier molecular flexibility index (Phi) is 7.94. The van der Waals surface area contributed by atoms with Gasteiger partial charge in [-0.2, -0.15) is 0 Å². The van der Waals surface area contributed by atoms with Crippen LogP contribution in [0.4, 0.5) is 5.69 Å². The maximum Gasteiger partial charge on any atom is 0.173 e. The van der Waals surface area contributed by atoms with Crippen molar-refractivity contribution in [2.24, 2.45) is 5.92 Å². The summed E-state index contributed by atoms with van der Waals surface area (Å²) in [6, 6.07) is 5.99. The molecule has 1 saturated heterocycles. The van der Waals surface area contributed by atoms with Crippen LogP contribution >= 0.6 is 23.8 Å². The average Bonchev–Trinajstić information content (AvgIpc) is 2.69. The Morgan fingerprint density at radius 2 is 2.15 bits per heavy atom. The van der Waals surface area contributed by atoms with E-state index in [1.54, 1.807) is 0 Å². The highest BCUT2D eigenvalue weighted by Gasteiger charge is 2.19. The molecule has 1 unspecified atom stereocenters. The summed E-state index contributed by atoms with van der Waals surface area (Å²) in [6.45, 7) is 8.65. The van der Waals surface area contributed by atoms with Crippen molar-refractivity contribution >= 4 is 34.6 Å². The number of anilines is 1. The van der Waals surface area contributed by atoms with Crippen LogP contribution in [0.1, 0.15) is 24.8 Å². The summed E-state index contributed by atoms with van der Waals surface area (Å²) in [5.74, 6) is 0.660. The minimum atomic E-state index is 0.660. The third-order valence-electron chi connectivity index (χ3n) is 5.30. The number of nitrogens with one attached hydrogen (secondary N) is 1. The van der Waals surface area contributed by atoms with Gasteiger partial charge in [-0.3, -0.25) is 4.90 Å². The molecule has 0 aromatic heterocycles. The molecule has 4 nitrogen and oxygen atoms in total. The summed E-state index contributed by atoms with van der Waals surface area (Å²) >= 11 is 12.2. The number of halogens is 1. The molecular formula is C21H30ClN3OS. The quantitative estimate of drug-likeness (QED) is 0.559. The lowest BCUT2D eigenvalue weighted by atomic mass is 9.94. The first-order valence-corrected chi connectivity index (χ1v) is 10.7. The first-order chi connectivity index (χ1) is 13.1. The van der Waals surface area contributed by atoms with E-state index in [0.29, 0.717) is 10.9 Å². The van der Waals surface area contributed by atoms with Crippen molar-refractivity contribution in [2.75, 3.05) is 51.3 Å². The summed E-state index contributed by atoms with van der Waals surface area (Å²) in [7, 11) is 0. The van der Waals surface area contributed by atoms with Crippen molar-refractivity contribution in [3.05, 3.63) is 40.9 Å². The number of nitrogens with zero attached hydrogens (tertiary/aromatic N) is 2. The van der Waals surface area contributed by atoms with Crippen LogP contribution < -0.4 is 5.32 Å². The van der Waals surface area contributed by atoms with Gasteiger partial charge < -0.3 is 15.0 Å². The molecule has 2 aliphatic rings. The van der Waals surface area contributed by atoms with Crippen molar-refractivity contribution in [2.45, 2.75) is 26.2 Å². The lowest BCUT2D eigenvalue weighted by Gasteiger charge is -2.34. The zero-order chi connectivity index (χ0) is 19.1. The molecule has 3 rings (SSSR count). The molecule has 0 amide bonds. The summed E-state index contributed by atoms with van der Waals surface area (Å²) < 4.78 is 5.46. The van der Waals surface area contributed by atoms with Crippen LogP contribution in [-0.4, -0.2) is 60.8 Å². The van der Waals surface area contributed by atoms with E-state index in [-0.39, 0.29) is 0 Å². The van der Waals surface area contributed by atoms with Gasteiger partial charge >= 0.3 is 0 Å². The molecule has 1 aliphatic heterocycles. The van der Waals surface area contributed by atoms with Crippen LogP contribution in [0.3, 0.4) is 0 Å². The van der Waals surface area contributed by atoms with E-state index in [9.17, 15) is 0 Å². The molecule has 1 atom stereocenters. The van der Waals surface area contributed by atoms with Gasteiger partial charge in [0.05, 0.1) is 23.9 Å². The maximum absolute atomic E-state index is 6.36. The van der Waals surface area contributed by atoms with Crippen LogP contribution in [0.5, 0.6) is 0 Å². The Labute approximate surface area is 173 Å². The van der Waals surface area contributed by atoms with E-state index in [1.165, 1.54) is 18.4 Å². The molecule has 148 valence electrons. The molecule has 0 radical (unpaired) electrons. The fourth-order valence-electron chi connectivity index (χ4n) is 3.63. The number of hydrogen-bond donors (Lipinski definition) is 1. The third-order valence-corrected chi connectivity index (χ3v) is 5.99. The van der Waals surface area contributed by atoms with Crippen LogP contribution in [-0.2, 0) is 4.74 Å². The highest BCUT2D eigenvalue weighted by atomic mass is 35.5. The monoisotopic (exact) mass is 407 g/mol. The molecule has 0 bridgehead atoms. The van der Waals surface area contributed by atoms with E-state index >= 15 is 0 Å². The van der Waals surface area contributed by atoms with Crippen molar-refractivity contribution in [3.63, 3.8) is 0 Å². The van der Waals surface area contributed by atoms with E-state index < -0.39 is 0 Å². The largest absolute Gasteiger partial charge is 0.379 e. The van der Waals surface area contributed by atoms with E-state index in [1.807, 2.05) is 12.1 Å². The normalized spacial score (nSPS) is 20.4. The maximum atomic E-state index is 6.36. The number of allylic oxidation sites excluding steroid dienone is 2. The fraction of sp³-hybridized carbons (Fsp3) is 0.571. The number of rotatable bonds is 6. The Morgan fingerprint density at radius 1 is 1.33 bits per heavy atom. The molecule has 1 fully saturated rings. The molecule has 6 heteroatoms. The molecule has 0 spiro atoms. The van der Waals surface area contributed by atoms with E-state index in [2.05, 4.69) is 40.3 Å². The minimum Gasteiger partial charge on any atom is -0.379 e. The standard InChI is InChI=1S/C21H30ClN3OS/c1-17-7-8-19(22)20(15-17)23-21(27)25(16-18-5-3-2-4-6-18)10-9-24-11-13-26-14-12-24/h2-3,7-8,15,18H,4-6,9-14,16H2,1H3,(H,23,27). The molecule has 27 heavy (non-hydrogen) atoms. The van der Waals surface area contributed by atoms with E-state index in [0.717, 1.165) is 63.2 Å². The molecule has 0 saturated carbocycles. The summed E-state index contributed by atoms with van der Waals surface area (Å²) in [6.07, 6.45) is 8.14. The minimum absolute atomic E-state index is 0.660. The predicted octanol–water partition coefficient (Wildman–Crippen LogP) is 4.34. The van der Waals surface area contributed by atoms with Gasteiger partial charge in [-0.05, 0) is 62.0 Å². The van der Waals surface area contributed by atoms with Gasteiger partial charge in [0.2, 0.25) is 0 Å². The van der Waals surface area contributed by atoms with Gasteiger partial charge in [-0.15, -0.1) is 0 Å². The summed E-state index contributed by atoms with van der Waals surface area (Å²) in [5, 5.41) is 4.87. The van der Waals surface area contributed by atoms with Gasteiger partial charge in [0, 0.05) is 32.7 Å². The van der Waals surface area contributed by atoms with Gasteiger partial charge in [-0.1, -0.05) is 29.8 Å². The third kappa shape index (κ3) is 6.46. The molecule has 1 aromatic carbocycles. The highest BCUT2D eigenvalue weighted by Crippen LogP contribution is 2.24. The van der Waals surface area contributed by atoms with Gasteiger partial charge in [0.25, 0.3) is 0 Å². The molecule has 1 aliphatic carbocycles. The number of ether oxygens (including phenoxy) is 1. The van der Waals surface area contributed by atoms with Crippen molar-refractivity contribution in [1.29, 1.82) is 0 Å². The first-order valence-electron chi connectivity index (χ1n) is 9.89. The van der Waals surface area contributed by atoms with Crippen LogP contribution in [0.15, 0.2) is 30.4 Å². The average molecular weight is 408 g/mol. The lowest BCUT2D eigenvalue weighted by molar-refractivity contribution is 0.0356. The topological polar surface area (TPSA) is 27.7 Å². The number of thiocarbonyl (C=S) groups is 1. The Bertz CT molecular complexity index is 661. The number of aryl methyl sites for hydroxylation is 1. The van der Waals surface area contributed by atoms with E-state index in [4.69, 9.17) is 28.6 Å². The number of benzene rings is 1. The van der Waals surface area contributed by atoms with Crippen molar-refractivity contribution < 1.29 is 4.74 Å². The first kappa shape index (κ1) is 20.6. The molecule has 1 aromatic rings. The zero-order valence-corrected chi connectivity index (χ0v) is 17.7. The fourth-order valence-corrected chi connectivity index (χ4v) is 4.07. The second kappa shape index (κ2) is 10.4. The SMILES string of the molecule is Cc1ccc(Cl)c(NC(=S)N(CCN2CCOCC2)CC2CC=CCC2)c1. The number of morpholine rings is 1. The van der Waals surface area contributed by atoms with Crippen LogP contribution in [0, 0.1) is 12.8 Å². The van der Waals surface area contributed by atoms with Gasteiger partial charge in [0.1, 0.15) is 0 Å². The Balaban J connectivity index is 1.63. The summed E-state index contributed by atoms with van der Waals surface area (Å²) in [5.41, 5.74) is 2.06. The van der Waals surface area contributed by atoms with Crippen LogP contribution in [0.25, 0.3) is 0 Å². The Morgan fingerprint density at radius 3 is 2.89 bits per heavy atom. The smallest absolute Gasteiger partial charge is 0.173 e. The second-order valence-corrected chi connectivity index (χ2v) is 8.26. The summed E-state index contributed by atoms with van der Waals surface area (Å²) in [4.78, 5) is 4.78. The van der Waals surface area contributed by atoms with Gasteiger partial charge in [-0.25, -0.2) is 0 Å². The predicted molar refractivity (Wildman–Crippen MR) is 118 cm³/mol. The molecule has 1 heterocycles. The second-order valence-electron chi connectivity index (χ2n) is 7.46. The Hall–Kier alpha value is -1.14. The highest BCUT2D eigenvalue weighted by molar-refractivity contribution is 7.80. The van der Waals surface area contributed by atoms with Gasteiger partial charge in [0.15, 0.2) is 5.11 Å².